The van der Waals surface area contributed by atoms with Crippen LogP contribution in [0.2, 0.25) is 5.02 Å². The van der Waals surface area contributed by atoms with Crippen LogP contribution in [-0.4, -0.2) is 77.0 Å². The number of halogens is 6. The van der Waals surface area contributed by atoms with Gasteiger partial charge in [-0.15, -0.1) is 6.58 Å². The molecule has 2 N–H and O–H groups in total. The largest absolute Gasteiger partial charge is 0.493 e. The van der Waals surface area contributed by atoms with Crippen LogP contribution in [0.4, 0.5) is 17.6 Å². The molecule has 3 atom stereocenters. The van der Waals surface area contributed by atoms with Gasteiger partial charge in [0.05, 0.1) is 22.6 Å². The molecule has 2 fully saturated rings. The molecule has 0 saturated carbocycles. The second kappa shape index (κ2) is 10.6. The van der Waals surface area contributed by atoms with E-state index in [1.165, 1.54) is 6.08 Å². The zero-order chi connectivity index (χ0) is 25.3. The van der Waals surface area contributed by atoms with Crippen LogP contribution in [0.5, 0.6) is 17.6 Å². The molecule has 7 nitrogen and oxygen atoms in total. The molecule has 192 valence electrons. The molecule has 0 spiro atoms. The molecule has 1 unspecified atom stereocenters. The Balaban J connectivity index is 1.60. The van der Waals surface area contributed by atoms with E-state index in [9.17, 15) is 18.3 Å². The second-order valence-electron chi connectivity index (χ2n) is 8.64. The quantitative estimate of drug-likeness (QED) is 0.240. The molecule has 35 heavy (non-hydrogen) atoms. The van der Waals surface area contributed by atoms with Gasteiger partial charge in [0.1, 0.15) is 35.3 Å². The maximum absolute atomic E-state index is 15.1. The number of fused-ring (bicyclic) bond motifs is 2. The predicted octanol–water partition coefficient (Wildman–Crippen LogP) is 4.63. The van der Waals surface area contributed by atoms with Gasteiger partial charge < -0.3 is 19.9 Å². The van der Waals surface area contributed by atoms with Crippen molar-refractivity contribution >= 4 is 38.4 Å². The van der Waals surface area contributed by atoms with Crippen LogP contribution in [0.15, 0.2) is 17.1 Å². The van der Waals surface area contributed by atoms with Crippen LogP contribution in [0.1, 0.15) is 19.3 Å². The number of ether oxygens (including phenoxy) is 2. The lowest BCUT2D eigenvalue weighted by Crippen LogP contribution is -2.43. The van der Waals surface area contributed by atoms with Crippen molar-refractivity contribution in [2.45, 2.75) is 43.4 Å². The average Bonchev–Trinajstić information content (AvgIpc) is 3.33. The van der Waals surface area contributed by atoms with E-state index in [-0.39, 0.29) is 45.4 Å². The van der Waals surface area contributed by atoms with Gasteiger partial charge in [0.25, 0.3) is 6.43 Å². The molecule has 3 heterocycles. The van der Waals surface area contributed by atoms with Crippen LogP contribution in [0, 0.1) is 5.82 Å². The predicted molar refractivity (Wildman–Crippen MR) is 126 cm³/mol. The molecular weight excluding hydrogens is 560 g/mol. The highest BCUT2D eigenvalue weighted by atomic mass is 79.9. The van der Waals surface area contributed by atoms with Gasteiger partial charge in [-0.05, 0) is 35.3 Å². The Hall–Kier alpha value is -1.89. The van der Waals surface area contributed by atoms with Crippen molar-refractivity contribution in [3.8, 4) is 17.6 Å². The molecular formula is C22H24BrClF4N4O3. The summed E-state index contributed by atoms with van der Waals surface area (Å²) in [4.78, 5) is 10.1. The number of aromatic hydroxyl groups is 1. The molecule has 1 aromatic heterocycles. The fourth-order valence-electron chi connectivity index (χ4n) is 4.68. The van der Waals surface area contributed by atoms with Gasteiger partial charge in [0.2, 0.25) is 5.88 Å². The molecule has 0 amide bonds. The van der Waals surface area contributed by atoms with Gasteiger partial charge in [0.15, 0.2) is 11.6 Å². The summed E-state index contributed by atoms with van der Waals surface area (Å²) in [5.74, 6) is -1.65. The summed E-state index contributed by atoms with van der Waals surface area (Å²) in [6, 6.07) is -0.954. The minimum absolute atomic E-state index is 0.0922. The third-order valence-corrected chi connectivity index (χ3v) is 7.68. The molecule has 2 aromatic rings. The lowest BCUT2D eigenvalue weighted by Gasteiger charge is -2.30. The first-order valence-electron chi connectivity index (χ1n) is 11.0. The molecule has 4 rings (SSSR count). The first kappa shape index (κ1) is 26.2. The minimum Gasteiger partial charge on any atom is -0.493 e. The van der Waals surface area contributed by atoms with E-state index in [0.29, 0.717) is 13.0 Å². The van der Waals surface area contributed by atoms with Crippen molar-refractivity contribution in [1.29, 1.82) is 0 Å². The van der Waals surface area contributed by atoms with E-state index in [0.717, 1.165) is 19.4 Å². The van der Waals surface area contributed by atoms with Gasteiger partial charge >= 0.3 is 6.01 Å². The Labute approximate surface area is 212 Å². The van der Waals surface area contributed by atoms with E-state index < -0.39 is 42.4 Å². The number of benzene rings is 1. The number of nitrogens with one attached hydrogen (secondary N) is 1. The Kier molecular flexibility index (Phi) is 7.94. The number of alkyl halides is 3. The highest BCUT2D eigenvalue weighted by Gasteiger charge is 2.49. The first-order chi connectivity index (χ1) is 16.6. The lowest BCUT2D eigenvalue weighted by atomic mass is 9.95. The maximum Gasteiger partial charge on any atom is 0.320 e. The summed E-state index contributed by atoms with van der Waals surface area (Å²) in [5.41, 5.74) is -0.795. The van der Waals surface area contributed by atoms with Gasteiger partial charge in [0, 0.05) is 13.0 Å². The third-order valence-electron chi connectivity index (χ3n) is 6.35. The zero-order valence-corrected chi connectivity index (χ0v) is 20.9. The lowest BCUT2D eigenvalue weighted by molar-refractivity contribution is 0.107. The highest BCUT2D eigenvalue weighted by molar-refractivity contribution is 9.10. The van der Waals surface area contributed by atoms with Crippen LogP contribution in [0.25, 0.3) is 10.9 Å². The normalized spacial score (nSPS) is 23.1. The molecule has 2 aliphatic heterocycles. The van der Waals surface area contributed by atoms with Crippen LogP contribution >= 0.6 is 27.5 Å². The average molecular weight is 584 g/mol. The van der Waals surface area contributed by atoms with E-state index in [1.807, 2.05) is 4.90 Å². The van der Waals surface area contributed by atoms with Crippen LogP contribution < -0.4 is 14.8 Å². The summed E-state index contributed by atoms with van der Waals surface area (Å²) in [6.07, 6.45) is -0.160. The Morgan fingerprint density at radius 1 is 1.37 bits per heavy atom. The van der Waals surface area contributed by atoms with Crippen molar-refractivity contribution < 1.29 is 32.1 Å². The number of hydrogen-bond acceptors (Lipinski definition) is 7. The van der Waals surface area contributed by atoms with Crippen molar-refractivity contribution in [3.05, 3.63) is 28.0 Å². The standard InChI is InChI=1S/C22H24BrClF4N4O3/c1-2-12(29-7-13(26)27)9-34-19-14-18(17(28)15(23)16(19)24)30-21(31-20(14)33)35-10-22-4-3-5-32(22)8-11(25)6-22/h2,11-13,29H,1,3-10H2,(H,30,31,33)/t11-,12?,22+/m1/s1. The number of hydrogen-bond donors (Lipinski definition) is 2. The Bertz CT molecular complexity index is 1110. The zero-order valence-electron chi connectivity index (χ0n) is 18.5. The third kappa shape index (κ3) is 5.30. The van der Waals surface area contributed by atoms with Gasteiger partial charge in [-0.2, -0.15) is 9.97 Å². The highest BCUT2D eigenvalue weighted by Crippen LogP contribution is 2.45. The number of aromatic nitrogens is 2. The minimum atomic E-state index is -2.58. The summed E-state index contributed by atoms with van der Waals surface area (Å²) in [7, 11) is 0. The number of nitrogens with zero attached hydrogens (tertiary/aromatic N) is 3. The monoisotopic (exact) mass is 582 g/mol. The van der Waals surface area contributed by atoms with Crippen LogP contribution in [0.3, 0.4) is 0 Å². The summed E-state index contributed by atoms with van der Waals surface area (Å²) >= 11 is 9.30. The number of rotatable bonds is 10. The summed E-state index contributed by atoms with van der Waals surface area (Å²) in [6.45, 7) is 4.00. The summed E-state index contributed by atoms with van der Waals surface area (Å²) in [5, 5.41) is 12.8. The molecule has 0 bridgehead atoms. The van der Waals surface area contributed by atoms with Crippen LogP contribution in [-0.2, 0) is 0 Å². The van der Waals surface area contributed by atoms with Crippen molar-refractivity contribution in [1.82, 2.24) is 20.2 Å². The molecule has 2 aliphatic rings. The van der Waals surface area contributed by atoms with E-state index >= 15 is 4.39 Å². The smallest absolute Gasteiger partial charge is 0.320 e. The van der Waals surface area contributed by atoms with Crippen molar-refractivity contribution in [2.75, 3.05) is 32.8 Å². The molecule has 0 radical (unpaired) electrons. The second-order valence-corrected chi connectivity index (χ2v) is 9.81. The van der Waals surface area contributed by atoms with Gasteiger partial charge in [-0.3, -0.25) is 4.90 Å². The summed E-state index contributed by atoms with van der Waals surface area (Å²) < 4.78 is 65.3. The molecule has 2 saturated heterocycles. The molecule has 1 aromatic carbocycles. The SMILES string of the molecule is C=CC(COc1c(Cl)c(Br)c(F)c2nc(OC[C@@]34CCCN3C[C@H](F)C4)nc(O)c12)NCC(F)F. The molecule has 13 heteroatoms. The van der Waals surface area contributed by atoms with E-state index in [4.69, 9.17) is 21.1 Å². The van der Waals surface area contributed by atoms with Crippen molar-refractivity contribution in [3.63, 3.8) is 0 Å². The fraction of sp³-hybridized carbons (Fsp3) is 0.545. The Morgan fingerprint density at radius 3 is 2.86 bits per heavy atom. The fourth-order valence-corrected chi connectivity index (χ4v) is 5.28. The maximum atomic E-state index is 15.1. The van der Waals surface area contributed by atoms with Crippen molar-refractivity contribution in [2.24, 2.45) is 0 Å². The topological polar surface area (TPSA) is 79.7 Å². The molecule has 0 aliphatic carbocycles. The Morgan fingerprint density at radius 2 is 2.14 bits per heavy atom. The first-order valence-corrected chi connectivity index (χ1v) is 12.2. The van der Waals surface area contributed by atoms with Gasteiger partial charge in [-0.25, -0.2) is 17.6 Å². The van der Waals surface area contributed by atoms with E-state index in [2.05, 4.69) is 37.8 Å². The van der Waals surface area contributed by atoms with E-state index in [1.54, 1.807) is 0 Å². The van der Waals surface area contributed by atoms with Gasteiger partial charge in [-0.1, -0.05) is 17.7 Å².